The third-order valence-electron chi connectivity index (χ3n) is 3.99. The van der Waals surface area contributed by atoms with Gasteiger partial charge in [0.2, 0.25) is 0 Å². The van der Waals surface area contributed by atoms with Crippen molar-refractivity contribution in [3.63, 3.8) is 0 Å². The molecule has 0 aromatic rings. The molecule has 2 aliphatic rings. The molecule has 19 heavy (non-hydrogen) atoms. The number of carbonyl (C=O) groups excluding carboxylic acids is 1. The Bertz CT molecular complexity index is 340. The number of amides is 1. The molecule has 2 fully saturated rings. The minimum atomic E-state index is -0.472. The van der Waals surface area contributed by atoms with Gasteiger partial charge in [0, 0.05) is 12.6 Å². The molecule has 2 aliphatic heterocycles. The van der Waals surface area contributed by atoms with Crippen molar-refractivity contribution < 1.29 is 14.6 Å². The molecule has 110 valence electrons. The fourth-order valence-electron chi connectivity index (χ4n) is 3.12. The molecule has 2 heterocycles. The van der Waals surface area contributed by atoms with E-state index in [1.807, 2.05) is 32.6 Å². The molecule has 0 aromatic heterocycles. The summed E-state index contributed by atoms with van der Waals surface area (Å²) in [5, 5.41) is 13.5. The lowest BCUT2D eigenvalue weighted by atomic mass is 9.98. The van der Waals surface area contributed by atoms with Crippen LogP contribution in [0.3, 0.4) is 0 Å². The Hall–Kier alpha value is -0.810. The average Bonchev–Trinajstić information content (AvgIpc) is 2.61. The molecule has 0 aliphatic carbocycles. The van der Waals surface area contributed by atoms with E-state index in [-0.39, 0.29) is 24.2 Å². The highest BCUT2D eigenvalue weighted by Crippen LogP contribution is 2.32. The van der Waals surface area contributed by atoms with Crippen LogP contribution in [-0.2, 0) is 4.74 Å². The topological polar surface area (TPSA) is 61.8 Å². The summed E-state index contributed by atoms with van der Waals surface area (Å²) in [5.74, 6) is 0. The zero-order valence-corrected chi connectivity index (χ0v) is 12.3. The SMILES string of the molecule is CC[C@H](O)[C@H]1NC[C@@H]2CC[C@@H]1N2C(=O)OC(C)(C)C. The van der Waals surface area contributed by atoms with Crippen LogP contribution in [0.5, 0.6) is 0 Å². The van der Waals surface area contributed by atoms with Gasteiger partial charge in [-0.05, 0) is 40.0 Å². The minimum Gasteiger partial charge on any atom is -0.444 e. The Balaban J connectivity index is 2.10. The van der Waals surface area contributed by atoms with Crippen LogP contribution in [0.2, 0.25) is 0 Å². The molecule has 0 radical (unpaired) electrons. The number of hydrogen-bond acceptors (Lipinski definition) is 4. The Morgan fingerprint density at radius 1 is 1.47 bits per heavy atom. The predicted octanol–water partition coefficient (Wildman–Crippen LogP) is 1.50. The highest BCUT2D eigenvalue weighted by molar-refractivity contribution is 5.70. The zero-order valence-electron chi connectivity index (χ0n) is 12.3. The first-order valence-electron chi connectivity index (χ1n) is 7.26. The highest BCUT2D eigenvalue weighted by Gasteiger charge is 2.47. The minimum absolute atomic E-state index is 0.0312. The van der Waals surface area contributed by atoms with Crippen LogP contribution in [0.4, 0.5) is 4.79 Å². The maximum atomic E-state index is 12.3. The molecule has 0 unspecified atom stereocenters. The quantitative estimate of drug-likeness (QED) is 0.798. The Morgan fingerprint density at radius 3 is 2.74 bits per heavy atom. The molecule has 0 aromatic carbocycles. The van der Waals surface area contributed by atoms with E-state index in [0.29, 0.717) is 6.42 Å². The zero-order chi connectivity index (χ0) is 14.2. The van der Waals surface area contributed by atoms with Crippen molar-refractivity contribution in [2.24, 2.45) is 0 Å². The second kappa shape index (κ2) is 5.29. The molecule has 2 N–H and O–H groups in total. The predicted molar refractivity (Wildman–Crippen MR) is 73.0 cm³/mol. The molecule has 2 saturated heterocycles. The van der Waals surface area contributed by atoms with E-state index in [1.54, 1.807) is 0 Å². The number of piperazine rings is 1. The first-order chi connectivity index (χ1) is 8.83. The number of fused-ring (bicyclic) bond motifs is 2. The summed E-state index contributed by atoms with van der Waals surface area (Å²) in [6.45, 7) is 8.36. The van der Waals surface area contributed by atoms with Crippen LogP contribution in [0.1, 0.15) is 47.0 Å². The molecule has 5 nitrogen and oxygen atoms in total. The van der Waals surface area contributed by atoms with Crippen molar-refractivity contribution in [2.75, 3.05) is 6.54 Å². The van der Waals surface area contributed by atoms with E-state index < -0.39 is 11.7 Å². The summed E-state index contributed by atoms with van der Waals surface area (Å²) in [6, 6.07) is 0.236. The summed E-state index contributed by atoms with van der Waals surface area (Å²) < 4.78 is 5.50. The van der Waals surface area contributed by atoms with Crippen LogP contribution in [0.15, 0.2) is 0 Å². The molecule has 5 heteroatoms. The van der Waals surface area contributed by atoms with Gasteiger partial charge in [0.15, 0.2) is 0 Å². The molecular formula is C14H26N2O3. The lowest BCUT2D eigenvalue weighted by Gasteiger charge is -2.42. The van der Waals surface area contributed by atoms with Crippen LogP contribution in [-0.4, -0.2) is 52.5 Å². The fraction of sp³-hybridized carbons (Fsp3) is 0.929. The van der Waals surface area contributed by atoms with E-state index in [1.165, 1.54) is 0 Å². The normalized spacial score (nSPS) is 32.3. The van der Waals surface area contributed by atoms with Gasteiger partial charge in [-0.15, -0.1) is 0 Å². The van der Waals surface area contributed by atoms with E-state index in [0.717, 1.165) is 19.4 Å². The van der Waals surface area contributed by atoms with Crippen molar-refractivity contribution in [1.82, 2.24) is 10.2 Å². The Labute approximate surface area is 115 Å². The third kappa shape index (κ3) is 3.03. The number of nitrogens with one attached hydrogen (secondary N) is 1. The van der Waals surface area contributed by atoms with E-state index in [4.69, 9.17) is 4.74 Å². The van der Waals surface area contributed by atoms with Crippen LogP contribution in [0, 0.1) is 0 Å². The van der Waals surface area contributed by atoms with E-state index >= 15 is 0 Å². The number of carbonyl (C=O) groups is 1. The largest absolute Gasteiger partial charge is 0.444 e. The van der Waals surface area contributed by atoms with Gasteiger partial charge in [-0.3, -0.25) is 4.90 Å². The molecule has 2 bridgehead atoms. The fourth-order valence-corrected chi connectivity index (χ4v) is 3.12. The molecule has 0 spiro atoms. The second-order valence-electron chi connectivity index (χ2n) is 6.60. The summed E-state index contributed by atoms with van der Waals surface area (Å²) in [4.78, 5) is 14.2. The number of ether oxygens (including phenoxy) is 1. The second-order valence-corrected chi connectivity index (χ2v) is 6.60. The summed E-state index contributed by atoms with van der Waals surface area (Å²) in [5.41, 5.74) is -0.472. The van der Waals surface area contributed by atoms with Gasteiger partial charge in [-0.2, -0.15) is 0 Å². The molecule has 1 amide bonds. The molecule has 4 atom stereocenters. The Kier molecular flexibility index (Phi) is 4.06. The highest BCUT2D eigenvalue weighted by atomic mass is 16.6. The number of aliphatic hydroxyl groups is 1. The van der Waals surface area contributed by atoms with Gasteiger partial charge in [0.05, 0.1) is 18.2 Å². The number of rotatable bonds is 2. The van der Waals surface area contributed by atoms with Crippen molar-refractivity contribution >= 4 is 6.09 Å². The lowest BCUT2D eigenvalue weighted by molar-refractivity contribution is -0.00968. The summed E-state index contributed by atoms with van der Waals surface area (Å²) >= 11 is 0. The van der Waals surface area contributed by atoms with Gasteiger partial charge >= 0.3 is 6.09 Å². The summed E-state index contributed by atoms with van der Waals surface area (Å²) in [6.07, 6.45) is 1.98. The van der Waals surface area contributed by atoms with Crippen molar-refractivity contribution in [2.45, 2.75) is 76.8 Å². The van der Waals surface area contributed by atoms with E-state index in [2.05, 4.69) is 5.32 Å². The van der Waals surface area contributed by atoms with Crippen LogP contribution in [0.25, 0.3) is 0 Å². The van der Waals surface area contributed by atoms with E-state index in [9.17, 15) is 9.90 Å². The van der Waals surface area contributed by atoms with Crippen LogP contribution < -0.4 is 5.32 Å². The smallest absolute Gasteiger partial charge is 0.410 e. The lowest BCUT2D eigenvalue weighted by Crippen LogP contribution is -2.63. The Morgan fingerprint density at radius 2 is 2.16 bits per heavy atom. The number of aliphatic hydroxyl groups excluding tert-OH is 1. The van der Waals surface area contributed by atoms with Crippen LogP contribution >= 0.6 is 0 Å². The molecular weight excluding hydrogens is 244 g/mol. The molecule has 0 saturated carbocycles. The maximum absolute atomic E-state index is 12.3. The van der Waals surface area contributed by atoms with Crippen molar-refractivity contribution in [1.29, 1.82) is 0 Å². The first kappa shape index (κ1) is 14.6. The van der Waals surface area contributed by atoms with Gasteiger partial charge in [-0.25, -0.2) is 4.79 Å². The average molecular weight is 270 g/mol. The van der Waals surface area contributed by atoms with Gasteiger partial charge < -0.3 is 15.2 Å². The standard InChI is InChI=1S/C14H26N2O3/c1-5-11(17)12-10-7-6-9(8-15-12)16(10)13(18)19-14(2,3)4/h9-12,15,17H,5-8H2,1-4H3/t9-,10-,11-,12-/m0/s1. The third-order valence-corrected chi connectivity index (χ3v) is 3.99. The first-order valence-corrected chi connectivity index (χ1v) is 7.26. The van der Waals surface area contributed by atoms with Crippen molar-refractivity contribution in [3.05, 3.63) is 0 Å². The maximum Gasteiger partial charge on any atom is 0.410 e. The monoisotopic (exact) mass is 270 g/mol. The van der Waals surface area contributed by atoms with Gasteiger partial charge in [0.25, 0.3) is 0 Å². The van der Waals surface area contributed by atoms with Gasteiger partial charge in [0.1, 0.15) is 5.60 Å². The van der Waals surface area contributed by atoms with Crippen molar-refractivity contribution in [3.8, 4) is 0 Å². The number of nitrogens with zero attached hydrogens (tertiary/aromatic N) is 1. The number of hydrogen-bond donors (Lipinski definition) is 2. The summed E-state index contributed by atoms with van der Waals surface area (Å²) in [7, 11) is 0. The van der Waals surface area contributed by atoms with Gasteiger partial charge in [-0.1, -0.05) is 6.92 Å². The molecule has 2 rings (SSSR count).